The number of fused-ring (bicyclic) bond motifs is 3. The van der Waals surface area contributed by atoms with Gasteiger partial charge in [-0.15, -0.1) is 0 Å². The van der Waals surface area contributed by atoms with E-state index in [4.69, 9.17) is 23.6 Å². The molecule has 3 saturated heterocycles. The Morgan fingerprint density at radius 2 is 1.98 bits per heavy atom. The van der Waals surface area contributed by atoms with E-state index in [1.807, 2.05) is 19.1 Å². The van der Waals surface area contributed by atoms with Crippen molar-refractivity contribution in [1.82, 2.24) is 19.9 Å². The number of hydrogen-bond donors (Lipinski definition) is 1. The van der Waals surface area contributed by atoms with Gasteiger partial charge in [0.2, 0.25) is 5.88 Å². The van der Waals surface area contributed by atoms with Crippen LogP contribution >= 0.6 is 0 Å². The van der Waals surface area contributed by atoms with Crippen molar-refractivity contribution in [1.29, 1.82) is 0 Å². The number of anilines is 2. The molecule has 256 valence electrons. The summed E-state index contributed by atoms with van der Waals surface area (Å²) in [4.78, 5) is 33.3. The first-order valence-corrected chi connectivity index (χ1v) is 16.3. The number of carbonyl (C=O) groups is 1. The third-order valence-electron chi connectivity index (χ3n) is 9.68. The van der Waals surface area contributed by atoms with E-state index in [-0.39, 0.29) is 41.8 Å². The van der Waals surface area contributed by atoms with Crippen LogP contribution in [0.1, 0.15) is 42.3 Å². The van der Waals surface area contributed by atoms with Gasteiger partial charge in [0.1, 0.15) is 34.5 Å². The normalized spacial score (nSPS) is 21.4. The van der Waals surface area contributed by atoms with Crippen LogP contribution in [0.5, 0.6) is 5.88 Å². The smallest absolute Gasteiger partial charge is 0.326 e. The number of alkyl halides is 2. The van der Waals surface area contributed by atoms with Gasteiger partial charge < -0.3 is 33.5 Å². The Labute approximate surface area is 285 Å². The summed E-state index contributed by atoms with van der Waals surface area (Å²) in [6.45, 7) is 5.98. The molecule has 0 saturated carbocycles. The van der Waals surface area contributed by atoms with Crippen LogP contribution in [-0.2, 0) is 14.3 Å². The highest BCUT2D eigenvalue weighted by Crippen LogP contribution is 2.41. The summed E-state index contributed by atoms with van der Waals surface area (Å²) in [5.74, 6) is 4.76. The number of aryl methyl sites for hydroxylation is 1. The van der Waals surface area contributed by atoms with Crippen molar-refractivity contribution in [2.45, 2.75) is 50.5 Å². The molecule has 0 amide bonds. The second-order valence-electron chi connectivity index (χ2n) is 12.7. The van der Waals surface area contributed by atoms with Crippen molar-refractivity contribution >= 4 is 39.5 Å². The fraction of sp³-hybridized carbons (Fsp3) is 0.361. The Morgan fingerprint density at radius 1 is 1.14 bits per heavy atom. The van der Waals surface area contributed by atoms with E-state index in [0.29, 0.717) is 48.6 Å². The summed E-state index contributed by atoms with van der Waals surface area (Å²) < 4.78 is 52.4. The van der Waals surface area contributed by atoms with Crippen LogP contribution < -0.4 is 14.5 Å². The van der Waals surface area contributed by atoms with E-state index in [0.717, 1.165) is 11.1 Å². The maximum absolute atomic E-state index is 14.1. The molecular formula is C36H32F2N6O6. The van der Waals surface area contributed by atoms with Crippen molar-refractivity contribution < 1.29 is 37.3 Å². The summed E-state index contributed by atoms with van der Waals surface area (Å²) >= 11 is 0. The van der Waals surface area contributed by atoms with Gasteiger partial charge in [-0.3, -0.25) is 4.98 Å². The van der Waals surface area contributed by atoms with Crippen molar-refractivity contribution in [2.24, 2.45) is 0 Å². The van der Waals surface area contributed by atoms with Gasteiger partial charge in [-0.05, 0) is 43.7 Å². The quantitative estimate of drug-likeness (QED) is 0.244. The minimum Gasteiger partial charge on any atom is -0.480 e. The number of nitrogens with zero attached hydrogens (tertiary/aromatic N) is 6. The van der Waals surface area contributed by atoms with Crippen LogP contribution in [0, 0.1) is 18.8 Å². The van der Waals surface area contributed by atoms with E-state index in [1.54, 1.807) is 42.9 Å². The number of benzene rings is 1. The Morgan fingerprint density at radius 3 is 2.74 bits per heavy atom. The van der Waals surface area contributed by atoms with Gasteiger partial charge in [-0.2, -0.15) is 0 Å². The van der Waals surface area contributed by atoms with Crippen molar-refractivity contribution in [3.05, 3.63) is 77.5 Å². The first-order valence-electron chi connectivity index (χ1n) is 16.3. The average Bonchev–Trinajstić information content (AvgIpc) is 3.69. The molecule has 3 aliphatic heterocycles. The third kappa shape index (κ3) is 5.52. The van der Waals surface area contributed by atoms with E-state index < -0.39 is 36.0 Å². The number of para-hydroxylation sites is 1. The Kier molecular flexibility index (Phi) is 7.96. The molecule has 0 aliphatic carbocycles. The van der Waals surface area contributed by atoms with Crippen molar-refractivity contribution in [3.8, 4) is 17.7 Å². The van der Waals surface area contributed by atoms with Crippen LogP contribution in [0.3, 0.4) is 0 Å². The molecule has 50 heavy (non-hydrogen) atoms. The lowest BCUT2D eigenvalue weighted by Gasteiger charge is -2.53. The molecule has 12 nitrogen and oxygen atoms in total. The van der Waals surface area contributed by atoms with Crippen LogP contribution in [-0.4, -0.2) is 87.7 Å². The van der Waals surface area contributed by atoms with Gasteiger partial charge >= 0.3 is 5.97 Å². The topological polar surface area (TPSA) is 136 Å². The molecule has 7 heterocycles. The number of ether oxygens (including phenoxy) is 3. The summed E-state index contributed by atoms with van der Waals surface area (Å²) in [6.07, 6.45) is 1.39. The Hall–Kier alpha value is -5.39. The maximum atomic E-state index is 14.1. The van der Waals surface area contributed by atoms with Crippen LogP contribution in [0.4, 0.5) is 20.3 Å². The van der Waals surface area contributed by atoms with Gasteiger partial charge in [0.15, 0.2) is 17.2 Å². The molecule has 1 N–H and O–H groups in total. The molecule has 0 radical (unpaired) electrons. The molecule has 3 aliphatic rings. The largest absolute Gasteiger partial charge is 0.480 e. The van der Waals surface area contributed by atoms with Crippen molar-refractivity contribution in [3.63, 3.8) is 0 Å². The van der Waals surface area contributed by atoms with Gasteiger partial charge in [0, 0.05) is 48.1 Å². The number of carboxylic acid groups (broad SMARTS) is 1. The minimum atomic E-state index is -2.99. The monoisotopic (exact) mass is 682 g/mol. The average molecular weight is 683 g/mol. The summed E-state index contributed by atoms with van der Waals surface area (Å²) in [6, 6.07) is 9.46. The van der Waals surface area contributed by atoms with Gasteiger partial charge in [0.25, 0.3) is 6.43 Å². The number of halogens is 2. The second kappa shape index (κ2) is 12.5. The van der Waals surface area contributed by atoms with Crippen LogP contribution in [0.2, 0.25) is 0 Å². The number of carboxylic acids is 1. The van der Waals surface area contributed by atoms with E-state index in [1.165, 1.54) is 4.90 Å². The highest BCUT2D eigenvalue weighted by molar-refractivity contribution is 6.06. The Balaban J connectivity index is 1.16. The van der Waals surface area contributed by atoms with Crippen LogP contribution in [0.15, 0.2) is 59.4 Å². The van der Waals surface area contributed by atoms with E-state index in [2.05, 4.69) is 38.6 Å². The van der Waals surface area contributed by atoms with E-state index >= 15 is 0 Å². The van der Waals surface area contributed by atoms with Crippen molar-refractivity contribution in [2.75, 3.05) is 42.7 Å². The maximum Gasteiger partial charge on any atom is 0.326 e. The molecule has 3 atom stereocenters. The molecule has 5 aromatic rings. The molecular weight excluding hydrogens is 650 g/mol. The molecule has 0 unspecified atom stereocenters. The number of rotatable bonds is 6. The van der Waals surface area contributed by atoms with Gasteiger partial charge in [0.05, 0.1) is 32.4 Å². The highest BCUT2D eigenvalue weighted by atomic mass is 19.3. The third-order valence-corrected chi connectivity index (χ3v) is 9.68. The SMILES string of the molecule is Cc1ccncc1C#Cc1cnc(O[C@H]2C[C@@H](C(=O)O)N(c3nc(C(F)F)nc4c3oc3ccccc34)C2)c(N2CCOC3(COC3)[C@@H]2C)c1. The lowest BCUT2D eigenvalue weighted by molar-refractivity contribution is -0.228. The number of aliphatic carboxylic acids is 1. The predicted molar refractivity (Wildman–Crippen MR) is 178 cm³/mol. The number of pyridine rings is 2. The zero-order valence-electron chi connectivity index (χ0n) is 27.2. The summed E-state index contributed by atoms with van der Waals surface area (Å²) in [7, 11) is 0. The zero-order chi connectivity index (χ0) is 34.6. The predicted octanol–water partition coefficient (Wildman–Crippen LogP) is 4.92. The first kappa shape index (κ1) is 31.9. The molecule has 0 bridgehead atoms. The molecule has 1 aromatic carbocycles. The van der Waals surface area contributed by atoms with Gasteiger partial charge in [-0.1, -0.05) is 24.0 Å². The molecule has 3 fully saturated rings. The molecule has 14 heteroatoms. The number of morpholine rings is 1. The molecule has 4 aromatic heterocycles. The highest BCUT2D eigenvalue weighted by Gasteiger charge is 2.50. The molecule has 1 spiro atoms. The minimum absolute atomic E-state index is 0.0161. The number of hydrogen-bond acceptors (Lipinski definition) is 11. The standard InChI is InChI=1S/C36H32F2N6O6/c1-20-9-10-39-16-23(20)8-7-22-13-26(43-11-12-48-36(21(43)2)18-47-19-36)34(40-15-22)49-24-14-27(35(45)46)44(17-24)33-30-29(41-32(42-33)31(37)38)25-5-3-4-6-28(25)50-30/h3-6,9-10,13,15-16,21,24,27,31H,11-12,14,17-19H2,1-2H3,(H,45,46)/t21-,24-,27-/m0/s1. The summed E-state index contributed by atoms with van der Waals surface area (Å²) in [5, 5.41) is 10.8. The fourth-order valence-electron chi connectivity index (χ4n) is 6.84. The lowest BCUT2D eigenvalue weighted by atomic mass is 9.90. The lowest BCUT2D eigenvalue weighted by Crippen LogP contribution is -2.68. The fourth-order valence-corrected chi connectivity index (χ4v) is 6.84. The number of furan rings is 1. The van der Waals surface area contributed by atoms with Crippen LogP contribution in [0.25, 0.3) is 22.1 Å². The zero-order valence-corrected chi connectivity index (χ0v) is 27.2. The van der Waals surface area contributed by atoms with Gasteiger partial charge in [-0.25, -0.2) is 28.5 Å². The molecule has 8 rings (SSSR count). The summed E-state index contributed by atoms with van der Waals surface area (Å²) in [5.41, 5.74) is 3.38. The first-order chi connectivity index (χ1) is 24.2. The van der Waals surface area contributed by atoms with E-state index in [9.17, 15) is 18.7 Å². The Bertz CT molecular complexity index is 2180. The number of aromatic nitrogens is 4. The second-order valence-corrected chi connectivity index (χ2v) is 12.7.